The molecule has 1 amide bonds. The Morgan fingerprint density at radius 3 is 2.59 bits per heavy atom. The molecule has 0 heterocycles. The fraction of sp³-hybridized carbons (Fsp3) is 0.667. The summed E-state index contributed by atoms with van der Waals surface area (Å²) in [7, 11) is 0. The summed E-state index contributed by atoms with van der Waals surface area (Å²) in [6, 6.07) is -0.210. The molecule has 0 aromatic heterocycles. The van der Waals surface area contributed by atoms with Gasteiger partial charge in [0, 0.05) is 6.08 Å². The number of unbranched alkanes of at least 4 members (excludes halogenated alkanes) is 1. The van der Waals surface area contributed by atoms with Crippen LogP contribution in [0.1, 0.15) is 33.1 Å². The van der Waals surface area contributed by atoms with Crippen molar-refractivity contribution in [3.63, 3.8) is 0 Å². The highest BCUT2D eigenvalue weighted by atomic mass is 16.6. The quantitative estimate of drug-likeness (QED) is 0.523. The van der Waals surface area contributed by atoms with Crippen molar-refractivity contribution in [3.8, 4) is 0 Å². The van der Waals surface area contributed by atoms with Gasteiger partial charge in [0.25, 0.3) is 0 Å². The molecule has 0 aromatic carbocycles. The van der Waals surface area contributed by atoms with E-state index in [1.807, 2.05) is 0 Å². The molecule has 0 radical (unpaired) electrons. The number of esters is 1. The van der Waals surface area contributed by atoms with Crippen molar-refractivity contribution in [2.45, 2.75) is 39.2 Å². The third kappa shape index (κ3) is 8.30. The number of amides is 1. The molecular formula is C12H21NO4. The summed E-state index contributed by atoms with van der Waals surface area (Å²) in [6.45, 7) is 7.55. The first-order valence-electron chi connectivity index (χ1n) is 5.86. The predicted molar refractivity (Wildman–Crippen MR) is 64.6 cm³/mol. The van der Waals surface area contributed by atoms with E-state index in [1.54, 1.807) is 6.92 Å². The maximum atomic E-state index is 11.2. The van der Waals surface area contributed by atoms with Crippen LogP contribution in [0.3, 0.4) is 0 Å². The number of alkyl carbamates (subject to hydrolysis) is 1. The van der Waals surface area contributed by atoms with Crippen molar-refractivity contribution in [2.24, 2.45) is 0 Å². The van der Waals surface area contributed by atoms with E-state index < -0.39 is 12.1 Å². The van der Waals surface area contributed by atoms with E-state index >= 15 is 0 Å². The van der Waals surface area contributed by atoms with Gasteiger partial charge in [0.2, 0.25) is 0 Å². The number of ether oxygens (including phenoxy) is 2. The zero-order valence-electron chi connectivity index (χ0n) is 10.5. The van der Waals surface area contributed by atoms with Crippen molar-refractivity contribution in [2.75, 3.05) is 13.2 Å². The fourth-order valence-electron chi connectivity index (χ4n) is 1.23. The summed E-state index contributed by atoms with van der Waals surface area (Å²) in [4.78, 5) is 22.2. The molecule has 0 bridgehead atoms. The van der Waals surface area contributed by atoms with Gasteiger partial charge in [-0.2, -0.15) is 0 Å². The van der Waals surface area contributed by atoms with Crippen molar-refractivity contribution >= 4 is 12.1 Å². The Morgan fingerprint density at radius 2 is 2.06 bits per heavy atom. The summed E-state index contributed by atoms with van der Waals surface area (Å²) in [6.07, 6.45) is 3.32. The van der Waals surface area contributed by atoms with Crippen LogP contribution in [0.4, 0.5) is 4.79 Å². The maximum absolute atomic E-state index is 11.2. The Labute approximate surface area is 102 Å². The minimum Gasteiger partial charge on any atom is -0.460 e. The van der Waals surface area contributed by atoms with Crippen LogP contribution in [0.25, 0.3) is 0 Å². The van der Waals surface area contributed by atoms with E-state index in [0.29, 0.717) is 6.61 Å². The van der Waals surface area contributed by atoms with Crippen LogP contribution in [0.5, 0.6) is 0 Å². The number of carbonyl (C=O) groups excluding carboxylic acids is 2. The zero-order chi connectivity index (χ0) is 13.1. The Hall–Kier alpha value is -1.52. The van der Waals surface area contributed by atoms with Gasteiger partial charge in [0.15, 0.2) is 0 Å². The first-order chi connectivity index (χ1) is 8.13. The van der Waals surface area contributed by atoms with Gasteiger partial charge in [-0.25, -0.2) is 9.59 Å². The number of rotatable bonds is 8. The fourth-order valence-corrected chi connectivity index (χ4v) is 1.23. The first-order valence-corrected chi connectivity index (χ1v) is 5.86. The minimum absolute atomic E-state index is 0.143. The third-order valence-electron chi connectivity index (χ3n) is 2.10. The molecule has 0 saturated heterocycles. The maximum Gasteiger partial charge on any atom is 0.407 e. The first kappa shape index (κ1) is 15.5. The SMILES string of the molecule is C=CC(=O)OCC(CCCC)NC(=O)OCC. The average Bonchev–Trinajstić information content (AvgIpc) is 2.32. The monoisotopic (exact) mass is 243 g/mol. The lowest BCUT2D eigenvalue weighted by molar-refractivity contribution is -0.138. The van der Waals surface area contributed by atoms with Gasteiger partial charge >= 0.3 is 12.1 Å². The summed E-state index contributed by atoms with van der Waals surface area (Å²) in [5, 5.41) is 2.66. The summed E-state index contributed by atoms with van der Waals surface area (Å²) >= 11 is 0. The van der Waals surface area contributed by atoms with Crippen LogP contribution in [0, 0.1) is 0 Å². The topological polar surface area (TPSA) is 64.6 Å². The predicted octanol–water partition coefficient (Wildman–Crippen LogP) is 2.02. The molecule has 98 valence electrons. The summed E-state index contributed by atoms with van der Waals surface area (Å²) < 4.78 is 9.68. The molecule has 1 N–H and O–H groups in total. The molecule has 1 atom stereocenters. The van der Waals surface area contributed by atoms with Crippen molar-refractivity contribution in [3.05, 3.63) is 12.7 Å². The van der Waals surface area contributed by atoms with E-state index in [2.05, 4.69) is 18.8 Å². The normalized spacial score (nSPS) is 11.4. The van der Waals surface area contributed by atoms with E-state index in [9.17, 15) is 9.59 Å². The Kier molecular flexibility index (Phi) is 8.82. The molecule has 0 aromatic rings. The van der Waals surface area contributed by atoms with Crippen LogP contribution in [0.15, 0.2) is 12.7 Å². The van der Waals surface area contributed by atoms with Gasteiger partial charge in [0.05, 0.1) is 12.6 Å². The highest BCUT2D eigenvalue weighted by molar-refractivity contribution is 5.81. The van der Waals surface area contributed by atoms with E-state index in [4.69, 9.17) is 9.47 Å². The van der Waals surface area contributed by atoms with Gasteiger partial charge in [0.1, 0.15) is 6.61 Å². The van der Waals surface area contributed by atoms with Gasteiger partial charge < -0.3 is 14.8 Å². The Morgan fingerprint density at radius 1 is 1.35 bits per heavy atom. The van der Waals surface area contributed by atoms with E-state index in [-0.39, 0.29) is 12.6 Å². The molecule has 1 unspecified atom stereocenters. The van der Waals surface area contributed by atoms with Gasteiger partial charge in [-0.05, 0) is 13.3 Å². The van der Waals surface area contributed by atoms with Crippen LogP contribution >= 0.6 is 0 Å². The number of nitrogens with one attached hydrogen (secondary N) is 1. The second-order valence-electron chi connectivity index (χ2n) is 3.54. The molecule has 5 heteroatoms. The molecule has 0 aliphatic carbocycles. The van der Waals surface area contributed by atoms with Crippen LogP contribution in [-0.4, -0.2) is 31.3 Å². The molecule has 0 saturated carbocycles. The lowest BCUT2D eigenvalue weighted by Crippen LogP contribution is -2.39. The number of hydrogen-bond donors (Lipinski definition) is 1. The molecule has 0 rings (SSSR count). The molecule has 0 fully saturated rings. The Bertz CT molecular complexity index is 253. The zero-order valence-corrected chi connectivity index (χ0v) is 10.5. The van der Waals surface area contributed by atoms with Gasteiger partial charge in [-0.3, -0.25) is 0 Å². The van der Waals surface area contributed by atoms with Crippen LogP contribution in [0.2, 0.25) is 0 Å². The smallest absolute Gasteiger partial charge is 0.407 e. The molecule has 0 aliphatic heterocycles. The number of hydrogen-bond acceptors (Lipinski definition) is 4. The second kappa shape index (κ2) is 9.69. The lowest BCUT2D eigenvalue weighted by atomic mass is 10.1. The van der Waals surface area contributed by atoms with Crippen LogP contribution in [-0.2, 0) is 14.3 Å². The van der Waals surface area contributed by atoms with Gasteiger partial charge in [-0.15, -0.1) is 0 Å². The standard InChI is InChI=1S/C12H21NO4/c1-4-7-8-10(9-17-11(14)5-2)13-12(15)16-6-3/h5,10H,2,4,6-9H2,1,3H3,(H,13,15). The lowest BCUT2D eigenvalue weighted by Gasteiger charge is -2.17. The van der Waals surface area contributed by atoms with Crippen molar-refractivity contribution < 1.29 is 19.1 Å². The van der Waals surface area contributed by atoms with Crippen LogP contribution < -0.4 is 5.32 Å². The van der Waals surface area contributed by atoms with E-state index in [0.717, 1.165) is 25.3 Å². The van der Waals surface area contributed by atoms with Crippen molar-refractivity contribution in [1.82, 2.24) is 5.32 Å². The third-order valence-corrected chi connectivity index (χ3v) is 2.10. The molecule has 0 aliphatic rings. The van der Waals surface area contributed by atoms with E-state index in [1.165, 1.54) is 0 Å². The minimum atomic E-state index is -0.489. The largest absolute Gasteiger partial charge is 0.460 e. The Balaban J connectivity index is 4.07. The highest BCUT2D eigenvalue weighted by Crippen LogP contribution is 2.02. The summed E-state index contributed by atoms with van der Waals surface area (Å²) in [5.41, 5.74) is 0. The average molecular weight is 243 g/mol. The molecule has 0 spiro atoms. The second-order valence-corrected chi connectivity index (χ2v) is 3.54. The summed E-state index contributed by atoms with van der Waals surface area (Å²) in [5.74, 6) is -0.489. The molecule has 17 heavy (non-hydrogen) atoms. The molecular weight excluding hydrogens is 222 g/mol. The number of carbonyl (C=O) groups is 2. The van der Waals surface area contributed by atoms with Crippen molar-refractivity contribution in [1.29, 1.82) is 0 Å². The highest BCUT2D eigenvalue weighted by Gasteiger charge is 2.14. The molecule has 5 nitrogen and oxygen atoms in total. The van der Waals surface area contributed by atoms with Gasteiger partial charge in [-0.1, -0.05) is 26.3 Å².